The molecule has 2 aromatic rings. The van der Waals surface area contributed by atoms with E-state index in [1.165, 1.54) is 23.4 Å². The smallest absolute Gasteiger partial charge is 0.124 e. The van der Waals surface area contributed by atoms with Gasteiger partial charge in [0.25, 0.3) is 0 Å². The lowest BCUT2D eigenvalue weighted by molar-refractivity contribution is 0.317. The minimum atomic E-state index is 0.415. The van der Waals surface area contributed by atoms with Crippen LogP contribution in [0, 0.1) is 0 Å². The number of ether oxygens (including phenoxy) is 1. The van der Waals surface area contributed by atoms with Crippen LogP contribution < -0.4 is 10.1 Å². The number of hydrogen-bond acceptors (Lipinski definition) is 4. The van der Waals surface area contributed by atoms with Gasteiger partial charge in [0.2, 0.25) is 0 Å². The standard InChI is InChI=1S/C17H22N2OS/c1-3-10-20-13-7-4-6-12(11-13)17-19-16-14(18-2)8-5-9-15(16)21-17/h4,6-7,11,14,18H,3,5,8-10H2,1-2H3. The Hall–Kier alpha value is -1.39. The predicted molar refractivity (Wildman–Crippen MR) is 88.1 cm³/mol. The van der Waals surface area contributed by atoms with Crippen molar-refractivity contribution in [2.75, 3.05) is 13.7 Å². The van der Waals surface area contributed by atoms with Crippen LogP contribution in [0.3, 0.4) is 0 Å². The highest BCUT2D eigenvalue weighted by Gasteiger charge is 2.23. The van der Waals surface area contributed by atoms with Crippen LogP contribution >= 0.6 is 11.3 Å². The maximum atomic E-state index is 5.73. The number of nitrogens with one attached hydrogen (secondary N) is 1. The van der Waals surface area contributed by atoms with Gasteiger partial charge in [0, 0.05) is 10.4 Å². The van der Waals surface area contributed by atoms with Crippen molar-refractivity contribution in [3.63, 3.8) is 0 Å². The van der Waals surface area contributed by atoms with Crippen LogP contribution in [0.15, 0.2) is 24.3 Å². The molecule has 21 heavy (non-hydrogen) atoms. The van der Waals surface area contributed by atoms with Crippen molar-refractivity contribution in [1.29, 1.82) is 0 Å². The molecule has 112 valence electrons. The second-order valence-corrected chi connectivity index (χ2v) is 6.52. The molecule has 0 spiro atoms. The molecular formula is C17H22N2OS. The third-order valence-corrected chi connectivity index (χ3v) is 5.04. The van der Waals surface area contributed by atoms with Gasteiger partial charge in [0.15, 0.2) is 0 Å². The third-order valence-electron chi connectivity index (χ3n) is 3.86. The number of rotatable bonds is 5. The monoisotopic (exact) mass is 302 g/mol. The first-order valence-corrected chi connectivity index (χ1v) is 8.53. The molecule has 0 aliphatic heterocycles. The third kappa shape index (κ3) is 3.11. The highest BCUT2D eigenvalue weighted by Crippen LogP contribution is 2.37. The second-order valence-electron chi connectivity index (χ2n) is 5.44. The fourth-order valence-electron chi connectivity index (χ4n) is 2.76. The number of aromatic nitrogens is 1. The Kier molecular flexibility index (Phi) is 4.56. The van der Waals surface area contributed by atoms with Gasteiger partial charge in [-0.1, -0.05) is 19.1 Å². The van der Waals surface area contributed by atoms with E-state index in [0.717, 1.165) is 35.8 Å². The van der Waals surface area contributed by atoms with Gasteiger partial charge in [-0.2, -0.15) is 0 Å². The Bertz CT molecular complexity index is 609. The Balaban J connectivity index is 1.89. The molecule has 0 radical (unpaired) electrons. The van der Waals surface area contributed by atoms with Crippen LogP contribution in [-0.2, 0) is 6.42 Å². The average Bonchev–Trinajstić information content (AvgIpc) is 2.97. The number of aryl methyl sites for hydroxylation is 1. The van der Waals surface area contributed by atoms with Crippen LogP contribution in [0.1, 0.15) is 42.8 Å². The Morgan fingerprint density at radius 1 is 1.43 bits per heavy atom. The minimum absolute atomic E-state index is 0.415. The summed E-state index contributed by atoms with van der Waals surface area (Å²) in [6.07, 6.45) is 4.63. The van der Waals surface area contributed by atoms with E-state index in [9.17, 15) is 0 Å². The summed E-state index contributed by atoms with van der Waals surface area (Å²) in [4.78, 5) is 6.34. The van der Waals surface area contributed by atoms with Crippen molar-refractivity contribution >= 4 is 11.3 Å². The van der Waals surface area contributed by atoms with Crippen LogP contribution in [0.25, 0.3) is 10.6 Å². The lowest BCUT2D eigenvalue weighted by Crippen LogP contribution is -2.21. The summed E-state index contributed by atoms with van der Waals surface area (Å²) in [5.74, 6) is 0.938. The van der Waals surface area contributed by atoms with E-state index in [2.05, 4.69) is 30.4 Å². The summed E-state index contributed by atoms with van der Waals surface area (Å²) in [5.41, 5.74) is 2.42. The van der Waals surface area contributed by atoms with E-state index in [4.69, 9.17) is 9.72 Å². The molecule has 1 aromatic carbocycles. The van der Waals surface area contributed by atoms with E-state index >= 15 is 0 Å². The van der Waals surface area contributed by atoms with Crippen LogP contribution in [0.4, 0.5) is 0 Å². The molecule has 1 aliphatic rings. The van der Waals surface area contributed by atoms with E-state index in [1.807, 2.05) is 24.5 Å². The molecule has 1 atom stereocenters. The number of benzene rings is 1. The first kappa shape index (κ1) is 14.5. The number of thiazole rings is 1. The van der Waals surface area contributed by atoms with E-state index in [1.54, 1.807) is 0 Å². The summed E-state index contributed by atoms with van der Waals surface area (Å²) >= 11 is 1.83. The van der Waals surface area contributed by atoms with Crippen molar-refractivity contribution in [1.82, 2.24) is 10.3 Å². The molecule has 4 heteroatoms. The van der Waals surface area contributed by atoms with Gasteiger partial charge >= 0.3 is 0 Å². The van der Waals surface area contributed by atoms with Gasteiger partial charge in [0.1, 0.15) is 10.8 Å². The molecule has 1 N–H and O–H groups in total. The summed E-state index contributed by atoms with van der Waals surface area (Å²) in [7, 11) is 2.03. The van der Waals surface area contributed by atoms with E-state index in [-0.39, 0.29) is 0 Å². The first-order chi connectivity index (χ1) is 10.3. The van der Waals surface area contributed by atoms with Crippen LogP contribution in [0.5, 0.6) is 5.75 Å². The van der Waals surface area contributed by atoms with Gasteiger partial charge in [-0.3, -0.25) is 0 Å². The lowest BCUT2D eigenvalue weighted by atomic mass is 9.98. The summed E-state index contributed by atoms with van der Waals surface area (Å²) < 4.78 is 5.73. The van der Waals surface area contributed by atoms with Crippen molar-refractivity contribution in [3.05, 3.63) is 34.8 Å². The normalized spacial score (nSPS) is 17.5. The summed E-state index contributed by atoms with van der Waals surface area (Å²) in [5, 5.41) is 4.50. The zero-order valence-corrected chi connectivity index (χ0v) is 13.5. The molecule has 1 aromatic heterocycles. The maximum Gasteiger partial charge on any atom is 0.124 e. The van der Waals surface area contributed by atoms with Crippen LogP contribution in [-0.4, -0.2) is 18.6 Å². The number of nitrogens with zero attached hydrogens (tertiary/aromatic N) is 1. The quantitative estimate of drug-likeness (QED) is 0.899. The average molecular weight is 302 g/mol. The molecule has 1 aliphatic carbocycles. The zero-order valence-electron chi connectivity index (χ0n) is 12.7. The molecular weight excluding hydrogens is 280 g/mol. The fourth-order valence-corrected chi connectivity index (χ4v) is 3.92. The second kappa shape index (κ2) is 6.58. The number of fused-ring (bicyclic) bond motifs is 1. The van der Waals surface area contributed by atoms with Gasteiger partial charge in [-0.25, -0.2) is 4.98 Å². The SMILES string of the molecule is CCCOc1cccc(-c2nc3c(s2)CCCC3NC)c1. The van der Waals surface area contributed by atoms with Crippen molar-refractivity contribution in [3.8, 4) is 16.3 Å². The lowest BCUT2D eigenvalue weighted by Gasteiger charge is -2.19. The van der Waals surface area contributed by atoms with Gasteiger partial charge in [-0.15, -0.1) is 11.3 Å². The largest absolute Gasteiger partial charge is 0.494 e. The molecule has 3 nitrogen and oxygen atoms in total. The molecule has 1 unspecified atom stereocenters. The fraction of sp³-hybridized carbons (Fsp3) is 0.471. The van der Waals surface area contributed by atoms with Gasteiger partial charge in [0.05, 0.1) is 18.3 Å². The molecule has 3 rings (SSSR count). The topological polar surface area (TPSA) is 34.1 Å². The molecule has 0 saturated heterocycles. The molecule has 0 amide bonds. The first-order valence-electron chi connectivity index (χ1n) is 7.72. The highest BCUT2D eigenvalue weighted by atomic mass is 32.1. The molecule has 0 bridgehead atoms. The van der Waals surface area contributed by atoms with E-state index < -0.39 is 0 Å². The predicted octanol–water partition coefficient (Wildman–Crippen LogP) is 4.20. The van der Waals surface area contributed by atoms with Crippen LogP contribution in [0.2, 0.25) is 0 Å². The Morgan fingerprint density at radius 3 is 3.14 bits per heavy atom. The summed E-state index contributed by atoms with van der Waals surface area (Å²) in [6.45, 7) is 2.89. The van der Waals surface area contributed by atoms with Crippen molar-refractivity contribution in [2.45, 2.75) is 38.6 Å². The van der Waals surface area contributed by atoms with Gasteiger partial charge < -0.3 is 10.1 Å². The highest BCUT2D eigenvalue weighted by molar-refractivity contribution is 7.15. The Morgan fingerprint density at radius 2 is 2.33 bits per heavy atom. The molecule has 0 saturated carbocycles. The maximum absolute atomic E-state index is 5.73. The minimum Gasteiger partial charge on any atom is -0.494 e. The zero-order chi connectivity index (χ0) is 14.7. The van der Waals surface area contributed by atoms with Crippen molar-refractivity contribution < 1.29 is 4.74 Å². The molecule has 1 heterocycles. The van der Waals surface area contributed by atoms with E-state index in [0.29, 0.717) is 6.04 Å². The molecule has 0 fully saturated rings. The number of hydrogen-bond donors (Lipinski definition) is 1. The Labute approximate surface area is 130 Å². The van der Waals surface area contributed by atoms with Gasteiger partial charge in [-0.05, 0) is 44.9 Å². The summed E-state index contributed by atoms with van der Waals surface area (Å²) in [6, 6.07) is 8.71. The van der Waals surface area contributed by atoms with Crippen molar-refractivity contribution in [2.24, 2.45) is 0 Å².